The predicted octanol–water partition coefficient (Wildman–Crippen LogP) is 3.01. The number of guanidine groups is 1. The molecule has 2 atom stereocenters. The molecule has 0 saturated carbocycles. The van der Waals surface area contributed by atoms with Crippen LogP contribution < -0.4 is 10.6 Å². The smallest absolute Gasteiger partial charge is 0.191 e. The Morgan fingerprint density at radius 1 is 1.18 bits per heavy atom. The second-order valence-corrected chi connectivity index (χ2v) is 7.12. The molecule has 0 radical (unpaired) electrons. The molecule has 0 bridgehead atoms. The number of ether oxygens (including phenoxy) is 2. The van der Waals surface area contributed by atoms with Crippen molar-refractivity contribution >= 4 is 29.9 Å². The van der Waals surface area contributed by atoms with E-state index in [-0.39, 0.29) is 24.0 Å². The molecule has 2 unspecified atom stereocenters. The monoisotopic (exact) mass is 504 g/mol. The van der Waals surface area contributed by atoms with Crippen molar-refractivity contribution in [2.24, 2.45) is 4.99 Å². The fourth-order valence-corrected chi connectivity index (χ4v) is 3.46. The number of nitrogens with zero attached hydrogens (tertiary/aromatic N) is 2. The molecule has 1 aliphatic rings. The highest BCUT2D eigenvalue weighted by Crippen LogP contribution is 2.17. The van der Waals surface area contributed by atoms with Crippen LogP contribution in [-0.4, -0.2) is 63.0 Å². The summed E-state index contributed by atoms with van der Waals surface area (Å²) in [5.41, 5.74) is 2.67. The maximum absolute atomic E-state index is 5.85. The van der Waals surface area contributed by atoms with E-state index < -0.39 is 0 Å². The summed E-state index contributed by atoms with van der Waals surface area (Å²) in [5, 5.41) is 6.77. The van der Waals surface area contributed by atoms with E-state index in [9.17, 15) is 0 Å². The highest BCUT2D eigenvalue weighted by molar-refractivity contribution is 14.0. The minimum atomic E-state index is 0. The van der Waals surface area contributed by atoms with E-state index in [1.807, 2.05) is 6.92 Å². The van der Waals surface area contributed by atoms with Gasteiger partial charge in [-0.3, -0.25) is 9.89 Å². The number of hydrogen-bond acceptors (Lipinski definition) is 4. The lowest BCUT2D eigenvalue weighted by Crippen LogP contribution is -2.45. The van der Waals surface area contributed by atoms with Gasteiger partial charge in [-0.05, 0) is 38.3 Å². The van der Waals surface area contributed by atoms with Crippen molar-refractivity contribution in [2.45, 2.75) is 52.5 Å². The Hall–Kier alpha value is -0.900. The molecular formula is C21H37IN4O2. The minimum Gasteiger partial charge on any atom is -0.382 e. The largest absolute Gasteiger partial charge is 0.382 e. The quantitative estimate of drug-likeness (QED) is 0.235. The fraction of sp³-hybridized carbons (Fsp3) is 0.667. The SMILES string of the molecule is CCOCCCNC(=NC)NCc1ccccc1CN1CC(C)OC(C)C1.I. The average molecular weight is 504 g/mol. The number of rotatable bonds is 9. The maximum Gasteiger partial charge on any atom is 0.191 e. The van der Waals surface area contributed by atoms with Crippen LogP contribution in [-0.2, 0) is 22.6 Å². The lowest BCUT2D eigenvalue weighted by molar-refractivity contribution is -0.0705. The first-order valence-corrected chi connectivity index (χ1v) is 10.1. The highest BCUT2D eigenvalue weighted by Gasteiger charge is 2.22. The first-order chi connectivity index (χ1) is 13.1. The third-order valence-electron chi connectivity index (χ3n) is 4.64. The van der Waals surface area contributed by atoms with Gasteiger partial charge in [0.25, 0.3) is 0 Å². The third kappa shape index (κ3) is 9.07. The molecule has 1 fully saturated rings. The van der Waals surface area contributed by atoms with Crippen molar-refractivity contribution in [3.8, 4) is 0 Å². The first kappa shape index (κ1) is 25.1. The number of hydrogen-bond donors (Lipinski definition) is 2. The molecule has 0 aromatic heterocycles. The summed E-state index contributed by atoms with van der Waals surface area (Å²) in [6.07, 6.45) is 1.55. The number of aliphatic imine (C=N–C) groups is 1. The zero-order valence-corrected chi connectivity index (χ0v) is 20.1. The number of halogens is 1. The van der Waals surface area contributed by atoms with Crippen LogP contribution in [0.3, 0.4) is 0 Å². The molecule has 1 heterocycles. The van der Waals surface area contributed by atoms with Gasteiger partial charge < -0.3 is 20.1 Å². The van der Waals surface area contributed by atoms with E-state index in [2.05, 4.69) is 58.6 Å². The summed E-state index contributed by atoms with van der Waals surface area (Å²) < 4.78 is 11.2. The lowest BCUT2D eigenvalue weighted by atomic mass is 10.1. The van der Waals surface area contributed by atoms with E-state index in [0.29, 0.717) is 12.2 Å². The molecule has 28 heavy (non-hydrogen) atoms. The lowest BCUT2D eigenvalue weighted by Gasteiger charge is -2.35. The normalized spacial score (nSPS) is 20.5. The maximum atomic E-state index is 5.85. The summed E-state index contributed by atoms with van der Waals surface area (Å²) in [6, 6.07) is 8.63. The van der Waals surface area contributed by atoms with Gasteiger partial charge in [0.2, 0.25) is 0 Å². The van der Waals surface area contributed by atoms with Gasteiger partial charge in [-0.2, -0.15) is 0 Å². The molecule has 1 saturated heterocycles. The molecule has 2 N–H and O–H groups in total. The summed E-state index contributed by atoms with van der Waals surface area (Å²) in [6.45, 7) is 12.4. The molecule has 1 aromatic carbocycles. The molecule has 0 amide bonds. The van der Waals surface area contributed by atoms with Crippen molar-refractivity contribution in [1.82, 2.24) is 15.5 Å². The van der Waals surface area contributed by atoms with E-state index in [4.69, 9.17) is 9.47 Å². The molecule has 1 aromatic rings. The second kappa shape index (κ2) is 14.1. The molecule has 160 valence electrons. The van der Waals surface area contributed by atoms with E-state index >= 15 is 0 Å². The van der Waals surface area contributed by atoms with Gasteiger partial charge in [0.1, 0.15) is 0 Å². The van der Waals surface area contributed by atoms with Crippen LogP contribution in [0.1, 0.15) is 38.3 Å². The topological polar surface area (TPSA) is 58.1 Å². The average Bonchev–Trinajstić information content (AvgIpc) is 2.64. The van der Waals surface area contributed by atoms with Crippen LogP contribution in [0.4, 0.5) is 0 Å². The molecule has 6 nitrogen and oxygen atoms in total. The molecule has 7 heteroatoms. The zero-order valence-electron chi connectivity index (χ0n) is 17.7. The van der Waals surface area contributed by atoms with Crippen molar-refractivity contribution in [3.05, 3.63) is 35.4 Å². The Kier molecular flexibility index (Phi) is 12.7. The third-order valence-corrected chi connectivity index (χ3v) is 4.64. The van der Waals surface area contributed by atoms with Gasteiger partial charge in [-0.25, -0.2) is 0 Å². The van der Waals surface area contributed by atoms with Crippen LogP contribution in [0.25, 0.3) is 0 Å². The molecule has 0 aliphatic carbocycles. The Bertz CT molecular complexity index is 575. The standard InChI is InChI=1S/C21H36N4O2.HI/c1-5-26-12-8-11-23-21(22-4)24-13-19-9-6-7-10-20(19)16-25-14-17(2)27-18(3)15-25;/h6-7,9-10,17-18H,5,8,11-16H2,1-4H3,(H2,22,23,24);1H. The Morgan fingerprint density at radius 2 is 1.86 bits per heavy atom. The van der Waals surface area contributed by atoms with Crippen molar-refractivity contribution < 1.29 is 9.47 Å². The van der Waals surface area contributed by atoms with Gasteiger partial charge >= 0.3 is 0 Å². The van der Waals surface area contributed by atoms with Crippen LogP contribution in [0.15, 0.2) is 29.3 Å². The van der Waals surface area contributed by atoms with Crippen LogP contribution in [0.2, 0.25) is 0 Å². The van der Waals surface area contributed by atoms with Gasteiger partial charge in [0.15, 0.2) is 5.96 Å². The van der Waals surface area contributed by atoms with Crippen LogP contribution in [0.5, 0.6) is 0 Å². The number of morpholine rings is 1. The Labute approximate surface area is 187 Å². The Morgan fingerprint density at radius 3 is 2.50 bits per heavy atom. The summed E-state index contributed by atoms with van der Waals surface area (Å²) in [7, 11) is 1.81. The molecule has 1 aliphatic heterocycles. The van der Waals surface area contributed by atoms with Gasteiger partial charge in [0, 0.05) is 53.0 Å². The Balaban J connectivity index is 0.00000392. The van der Waals surface area contributed by atoms with E-state index in [0.717, 1.165) is 58.3 Å². The van der Waals surface area contributed by atoms with E-state index in [1.165, 1.54) is 11.1 Å². The predicted molar refractivity (Wildman–Crippen MR) is 126 cm³/mol. The molecule has 0 spiro atoms. The van der Waals surface area contributed by atoms with E-state index in [1.54, 1.807) is 7.05 Å². The highest BCUT2D eigenvalue weighted by atomic mass is 127. The summed E-state index contributed by atoms with van der Waals surface area (Å²) in [4.78, 5) is 6.80. The fourth-order valence-electron chi connectivity index (χ4n) is 3.46. The van der Waals surface area contributed by atoms with Crippen molar-refractivity contribution in [1.29, 1.82) is 0 Å². The number of benzene rings is 1. The first-order valence-electron chi connectivity index (χ1n) is 10.1. The molecule has 2 rings (SSSR count). The van der Waals surface area contributed by atoms with Crippen molar-refractivity contribution in [3.63, 3.8) is 0 Å². The van der Waals surface area contributed by atoms with Crippen LogP contribution >= 0.6 is 24.0 Å². The van der Waals surface area contributed by atoms with Gasteiger partial charge in [0.05, 0.1) is 12.2 Å². The van der Waals surface area contributed by atoms with Gasteiger partial charge in [-0.1, -0.05) is 24.3 Å². The van der Waals surface area contributed by atoms with Crippen molar-refractivity contribution in [2.75, 3.05) is 39.9 Å². The molecular weight excluding hydrogens is 467 g/mol. The van der Waals surface area contributed by atoms with Crippen LogP contribution in [0, 0.1) is 0 Å². The zero-order chi connectivity index (χ0) is 19.5. The summed E-state index contributed by atoms with van der Waals surface area (Å²) in [5.74, 6) is 0.829. The number of nitrogens with one attached hydrogen (secondary N) is 2. The second-order valence-electron chi connectivity index (χ2n) is 7.12. The van der Waals surface area contributed by atoms with Gasteiger partial charge in [-0.15, -0.1) is 24.0 Å². The minimum absolute atomic E-state index is 0. The summed E-state index contributed by atoms with van der Waals surface area (Å²) >= 11 is 0.